The van der Waals surface area contributed by atoms with Gasteiger partial charge in [-0.1, -0.05) is 28.1 Å². The van der Waals surface area contributed by atoms with Crippen molar-refractivity contribution in [3.63, 3.8) is 0 Å². The van der Waals surface area contributed by atoms with Gasteiger partial charge in [-0.2, -0.15) is 0 Å². The van der Waals surface area contributed by atoms with Crippen molar-refractivity contribution < 1.29 is 8.42 Å². The number of aliphatic imine (C=N–C) groups is 1. The predicted molar refractivity (Wildman–Crippen MR) is 110 cm³/mol. The predicted octanol–water partition coefficient (Wildman–Crippen LogP) is 2.01. The molecule has 0 fully saturated rings. The van der Waals surface area contributed by atoms with Gasteiger partial charge >= 0.3 is 0 Å². The van der Waals surface area contributed by atoms with Gasteiger partial charge < -0.3 is 10.2 Å². The van der Waals surface area contributed by atoms with Gasteiger partial charge in [0.1, 0.15) is 0 Å². The summed E-state index contributed by atoms with van der Waals surface area (Å²) in [6.07, 6.45) is 1.85. The molecule has 0 saturated carbocycles. The van der Waals surface area contributed by atoms with Gasteiger partial charge in [0.05, 0.1) is 6.26 Å². The lowest BCUT2D eigenvalue weighted by atomic mass is 10.2. The molecule has 1 aromatic rings. The Morgan fingerprint density at radius 3 is 2.39 bits per heavy atom. The second kappa shape index (κ2) is 11.2. The number of hydrogen-bond donors (Lipinski definition) is 2. The first-order valence-electron chi connectivity index (χ1n) is 6.92. The van der Waals surface area contributed by atoms with Gasteiger partial charge in [0.25, 0.3) is 0 Å². The maximum atomic E-state index is 11.0. The number of nitrogens with one attached hydrogen (secondary N) is 2. The van der Waals surface area contributed by atoms with Crippen LogP contribution in [-0.2, 0) is 16.6 Å². The molecule has 0 unspecified atom stereocenters. The Balaban J connectivity index is 0.00000484. The van der Waals surface area contributed by atoms with Crippen LogP contribution in [0.15, 0.2) is 33.7 Å². The van der Waals surface area contributed by atoms with Crippen LogP contribution in [0.5, 0.6) is 0 Å². The molecule has 0 bridgehead atoms. The number of sulfonamides is 1. The van der Waals surface area contributed by atoms with Gasteiger partial charge in [-0.15, -0.1) is 24.0 Å². The molecule has 0 aromatic heterocycles. The Labute approximate surface area is 164 Å². The van der Waals surface area contributed by atoms with E-state index in [4.69, 9.17) is 0 Å². The van der Waals surface area contributed by atoms with Crippen LogP contribution in [0.4, 0.5) is 0 Å². The standard InChI is InChI=1S/C14H23BrN4O2S.HI/c1-16-14(17-9-4-10-18-22(3,20)21)19(2)11-12-5-7-13(15)8-6-12;/h5-8,18H,4,9-11H2,1-3H3,(H,16,17);1H. The van der Waals surface area contributed by atoms with Gasteiger partial charge in [-0.25, -0.2) is 13.1 Å². The number of guanidine groups is 1. The van der Waals surface area contributed by atoms with Gasteiger partial charge in [0.15, 0.2) is 5.96 Å². The topological polar surface area (TPSA) is 73.8 Å². The number of benzene rings is 1. The second-order valence-corrected chi connectivity index (χ2v) is 7.73. The van der Waals surface area contributed by atoms with Crippen LogP contribution in [0.3, 0.4) is 0 Å². The highest BCUT2D eigenvalue weighted by Gasteiger charge is 2.06. The lowest BCUT2D eigenvalue weighted by Crippen LogP contribution is -2.39. The molecule has 6 nitrogen and oxygen atoms in total. The summed E-state index contributed by atoms with van der Waals surface area (Å²) in [5, 5.41) is 3.22. The van der Waals surface area contributed by atoms with Crippen LogP contribution < -0.4 is 10.0 Å². The first kappa shape index (κ1) is 22.6. The lowest BCUT2D eigenvalue weighted by Gasteiger charge is -2.22. The average Bonchev–Trinajstić information content (AvgIpc) is 2.44. The zero-order chi connectivity index (χ0) is 16.6. The molecule has 0 atom stereocenters. The first-order valence-corrected chi connectivity index (χ1v) is 9.61. The van der Waals surface area contributed by atoms with Crippen LogP contribution in [0, 0.1) is 0 Å². The van der Waals surface area contributed by atoms with E-state index in [9.17, 15) is 8.42 Å². The maximum absolute atomic E-state index is 11.0. The largest absolute Gasteiger partial charge is 0.356 e. The molecule has 0 aliphatic carbocycles. The lowest BCUT2D eigenvalue weighted by molar-refractivity contribution is 0.475. The van der Waals surface area contributed by atoms with Crippen molar-refractivity contribution >= 4 is 55.9 Å². The molecular weight excluding hydrogens is 495 g/mol. The van der Waals surface area contributed by atoms with Crippen LogP contribution in [-0.4, -0.2) is 52.7 Å². The van der Waals surface area contributed by atoms with E-state index in [1.165, 1.54) is 5.56 Å². The number of halogens is 2. The summed E-state index contributed by atoms with van der Waals surface area (Å²) < 4.78 is 25.4. The SMILES string of the molecule is CN=C(NCCCNS(C)(=O)=O)N(C)Cc1ccc(Br)cc1.I. The van der Waals surface area contributed by atoms with E-state index in [-0.39, 0.29) is 24.0 Å². The highest BCUT2D eigenvalue weighted by atomic mass is 127. The first-order chi connectivity index (χ1) is 10.3. The molecule has 0 saturated heterocycles. The van der Waals surface area contributed by atoms with E-state index in [1.807, 2.05) is 24.1 Å². The minimum absolute atomic E-state index is 0. The smallest absolute Gasteiger partial charge is 0.208 e. The van der Waals surface area contributed by atoms with Gasteiger partial charge in [-0.05, 0) is 24.1 Å². The molecule has 0 amide bonds. The molecule has 1 aromatic carbocycles. The van der Waals surface area contributed by atoms with Crippen LogP contribution in [0.2, 0.25) is 0 Å². The van der Waals surface area contributed by atoms with Gasteiger partial charge in [-0.3, -0.25) is 4.99 Å². The summed E-state index contributed by atoms with van der Waals surface area (Å²) in [6.45, 7) is 1.81. The number of nitrogens with zero attached hydrogens (tertiary/aromatic N) is 2. The molecule has 0 heterocycles. The number of rotatable bonds is 7. The summed E-state index contributed by atoms with van der Waals surface area (Å²) >= 11 is 3.42. The fourth-order valence-corrected chi connectivity index (χ4v) is 2.65. The highest BCUT2D eigenvalue weighted by Crippen LogP contribution is 2.11. The molecule has 0 spiro atoms. The Morgan fingerprint density at radius 1 is 1.26 bits per heavy atom. The van der Waals surface area contributed by atoms with Crippen molar-refractivity contribution in [2.24, 2.45) is 4.99 Å². The Bertz CT molecular complexity index is 593. The Kier molecular flexibility index (Phi) is 11.0. The molecule has 132 valence electrons. The van der Waals surface area contributed by atoms with E-state index < -0.39 is 10.0 Å². The monoisotopic (exact) mass is 518 g/mol. The van der Waals surface area contributed by atoms with Crippen molar-refractivity contribution in [2.75, 3.05) is 33.4 Å². The third-order valence-electron chi connectivity index (χ3n) is 2.91. The molecule has 23 heavy (non-hydrogen) atoms. The molecule has 2 N–H and O–H groups in total. The van der Waals surface area contributed by atoms with E-state index in [0.29, 0.717) is 19.5 Å². The van der Waals surface area contributed by atoms with Crippen molar-refractivity contribution in [3.8, 4) is 0 Å². The molecule has 1 rings (SSSR count). The van der Waals surface area contributed by atoms with Crippen LogP contribution in [0.25, 0.3) is 0 Å². The van der Waals surface area contributed by atoms with Crippen LogP contribution >= 0.6 is 39.9 Å². The van der Waals surface area contributed by atoms with Crippen LogP contribution in [0.1, 0.15) is 12.0 Å². The van der Waals surface area contributed by atoms with E-state index >= 15 is 0 Å². The van der Waals surface area contributed by atoms with E-state index in [2.05, 4.69) is 43.1 Å². The molecule has 9 heteroatoms. The zero-order valence-corrected chi connectivity index (χ0v) is 18.3. The van der Waals surface area contributed by atoms with E-state index in [1.54, 1.807) is 7.05 Å². The molecule has 0 aliphatic rings. The zero-order valence-electron chi connectivity index (χ0n) is 13.5. The van der Waals surface area contributed by atoms with Gasteiger partial charge in [0.2, 0.25) is 10.0 Å². The minimum Gasteiger partial charge on any atom is -0.356 e. The minimum atomic E-state index is -3.11. The fraction of sp³-hybridized carbons (Fsp3) is 0.500. The molecule has 0 radical (unpaired) electrons. The normalized spacial score (nSPS) is 11.7. The summed E-state index contributed by atoms with van der Waals surface area (Å²) in [5.41, 5.74) is 1.19. The molecular formula is C14H24BrIN4O2S. The van der Waals surface area contributed by atoms with Crippen molar-refractivity contribution in [2.45, 2.75) is 13.0 Å². The summed E-state index contributed by atoms with van der Waals surface area (Å²) in [7, 11) is 0.582. The summed E-state index contributed by atoms with van der Waals surface area (Å²) in [6, 6.07) is 8.14. The average molecular weight is 519 g/mol. The third-order valence-corrected chi connectivity index (χ3v) is 4.16. The quantitative estimate of drug-likeness (QED) is 0.251. The molecule has 0 aliphatic heterocycles. The second-order valence-electron chi connectivity index (χ2n) is 4.98. The van der Waals surface area contributed by atoms with Crippen molar-refractivity contribution in [1.29, 1.82) is 0 Å². The number of hydrogen-bond acceptors (Lipinski definition) is 3. The maximum Gasteiger partial charge on any atom is 0.208 e. The van der Waals surface area contributed by atoms with Gasteiger partial charge in [0, 0.05) is 38.2 Å². The summed E-state index contributed by atoms with van der Waals surface area (Å²) in [5.74, 6) is 0.780. The third kappa shape index (κ3) is 10.2. The Hall–Kier alpha value is -0.390. The fourth-order valence-electron chi connectivity index (χ4n) is 1.87. The van der Waals surface area contributed by atoms with E-state index in [0.717, 1.165) is 23.2 Å². The van der Waals surface area contributed by atoms with Crippen molar-refractivity contribution in [1.82, 2.24) is 14.9 Å². The van der Waals surface area contributed by atoms with Crippen molar-refractivity contribution in [3.05, 3.63) is 34.3 Å². The Morgan fingerprint density at radius 2 is 1.87 bits per heavy atom. The highest BCUT2D eigenvalue weighted by molar-refractivity contribution is 14.0. The summed E-state index contributed by atoms with van der Waals surface area (Å²) in [4.78, 5) is 6.25.